The summed E-state index contributed by atoms with van der Waals surface area (Å²) in [5.41, 5.74) is 4.21. The second kappa shape index (κ2) is 6.13. The van der Waals surface area contributed by atoms with Gasteiger partial charge in [0, 0.05) is 24.4 Å². The molecule has 1 aromatic heterocycles. The molecule has 3 rings (SSSR count). The van der Waals surface area contributed by atoms with Crippen molar-refractivity contribution < 1.29 is 18.7 Å². The van der Waals surface area contributed by atoms with Crippen molar-refractivity contribution in [2.75, 3.05) is 4.31 Å². The van der Waals surface area contributed by atoms with Gasteiger partial charge in [-0.15, -0.1) is 11.3 Å². The van der Waals surface area contributed by atoms with Crippen LogP contribution >= 0.6 is 11.3 Å². The lowest BCUT2D eigenvalue weighted by molar-refractivity contribution is 0.0692. The number of fused-ring (bicyclic) bond motifs is 1. The number of hydrogen-bond acceptors (Lipinski definition) is 6. The van der Waals surface area contributed by atoms with Gasteiger partial charge in [0.1, 0.15) is 5.00 Å². The molecule has 0 radical (unpaired) electrons. The number of nitrogens with one attached hydrogen (secondary N) is 1. The van der Waals surface area contributed by atoms with Gasteiger partial charge in [-0.1, -0.05) is 18.2 Å². The molecule has 0 aliphatic carbocycles. The maximum absolute atomic E-state index is 11.5. The fourth-order valence-electron chi connectivity index (χ4n) is 2.37. The zero-order chi connectivity index (χ0) is 15.7. The predicted molar refractivity (Wildman–Crippen MR) is 81.2 cm³/mol. The van der Waals surface area contributed by atoms with E-state index in [4.69, 9.17) is 5.11 Å². The van der Waals surface area contributed by atoms with Gasteiger partial charge < -0.3 is 15.0 Å². The Bertz CT molecular complexity index is 747. The van der Waals surface area contributed by atoms with Crippen molar-refractivity contribution in [3.63, 3.8) is 0 Å². The number of nitrogens with zero attached hydrogens (tertiary/aromatic N) is 2. The van der Waals surface area contributed by atoms with E-state index in [2.05, 4.69) is 10.3 Å². The van der Waals surface area contributed by atoms with Crippen LogP contribution in [0.5, 0.6) is 0 Å². The van der Waals surface area contributed by atoms with Gasteiger partial charge in [-0.25, -0.2) is 9.78 Å². The van der Waals surface area contributed by atoms with Gasteiger partial charge in [-0.3, -0.25) is 8.51 Å². The highest BCUT2D eigenvalue weighted by Gasteiger charge is 2.21. The van der Waals surface area contributed by atoms with E-state index in [-0.39, 0.29) is 17.2 Å². The number of anilines is 1. The van der Waals surface area contributed by atoms with Gasteiger partial charge in [0.15, 0.2) is 5.69 Å². The van der Waals surface area contributed by atoms with Gasteiger partial charge in [0.05, 0.1) is 12.1 Å². The Morgan fingerprint density at radius 3 is 2.95 bits per heavy atom. The van der Waals surface area contributed by atoms with E-state index in [0.717, 1.165) is 39.9 Å². The van der Waals surface area contributed by atoms with Gasteiger partial charge >= 0.3 is 5.97 Å². The summed E-state index contributed by atoms with van der Waals surface area (Å²) in [7, 11) is 0. The lowest BCUT2D eigenvalue weighted by Crippen LogP contribution is -2.25. The lowest BCUT2D eigenvalue weighted by atomic mass is 10.1. The van der Waals surface area contributed by atoms with Crippen LogP contribution in [0.3, 0.4) is 0 Å². The fraction of sp³-hybridized carbons (Fsp3) is 0.231. The molecule has 22 heavy (non-hydrogen) atoms. The zero-order valence-electron chi connectivity index (χ0n) is 11.3. The SMILES string of the molecule is O=C(O)c1ncsc1N(Cc1ccc2c(c1)CNC2)S(=O)[O-]. The number of benzene rings is 1. The Balaban J connectivity index is 1.91. The first kappa shape index (κ1) is 15.1. The Morgan fingerprint density at radius 1 is 1.45 bits per heavy atom. The van der Waals surface area contributed by atoms with Crippen molar-refractivity contribution >= 4 is 33.6 Å². The third-order valence-corrected chi connectivity index (χ3v) is 5.02. The first-order chi connectivity index (χ1) is 10.6. The molecule has 1 aromatic carbocycles. The number of carboxylic acid groups (broad SMARTS) is 1. The van der Waals surface area contributed by atoms with Crippen LogP contribution in [0.4, 0.5) is 5.00 Å². The van der Waals surface area contributed by atoms with Gasteiger partial charge in [-0.2, -0.15) is 0 Å². The maximum atomic E-state index is 11.5. The molecule has 0 fully saturated rings. The Labute approximate surface area is 133 Å². The van der Waals surface area contributed by atoms with Crippen LogP contribution in [-0.4, -0.2) is 24.8 Å². The van der Waals surface area contributed by atoms with Crippen molar-refractivity contribution in [1.29, 1.82) is 0 Å². The molecule has 2 N–H and O–H groups in total. The van der Waals surface area contributed by atoms with Crippen molar-refractivity contribution in [3.8, 4) is 0 Å². The van der Waals surface area contributed by atoms with E-state index in [0.29, 0.717) is 0 Å². The molecule has 0 amide bonds. The minimum atomic E-state index is -2.58. The molecule has 1 atom stereocenters. The van der Waals surface area contributed by atoms with Crippen LogP contribution in [0.15, 0.2) is 23.7 Å². The molecule has 2 heterocycles. The standard InChI is InChI=1S/C13H13N3O4S2/c17-13(18)11-12(21-7-15-11)16(22(19)20)6-8-1-2-9-4-14-5-10(9)3-8/h1-3,7,14H,4-6H2,(H,17,18)(H,19,20)/p-1. The first-order valence-electron chi connectivity index (χ1n) is 6.41. The number of hydrogen-bond donors (Lipinski definition) is 2. The van der Waals surface area contributed by atoms with E-state index in [1.165, 1.54) is 11.1 Å². The van der Waals surface area contributed by atoms with Crippen molar-refractivity contribution in [3.05, 3.63) is 46.1 Å². The summed E-state index contributed by atoms with van der Waals surface area (Å²) in [5, 5.41) is 12.4. The summed E-state index contributed by atoms with van der Waals surface area (Å²) >= 11 is -1.60. The van der Waals surface area contributed by atoms with Crippen molar-refractivity contribution in [2.45, 2.75) is 19.6 Å². The number of thiazole rings is 1. The molecule has 0 bridgehead atoms. The number of carbonyl (C=O) groups is 1. The molecule has 0 spiro atoms. The van der Waals surface area contributed by atoms with Gasteiger partial charge in [0.2, 0.25) is 0 Å². The van der Waals surface area contributed by atoms with E-state index < -0.39 is 17.2 Å². The van der Waals surface area contributed by atoms with E-state index in [1.807, 2.05) is 18.2 Å². The van der Waals surface area contributed by atoms with Crippen LogP contribution < -0.4 is 9.62 Å². The first-order valence-corrected chi connectivity index (χ1v) is 8.32. The van der Waals surface area contributed by atoms with Crippen molar-refractivity contribution in [1.82, 2.24) is 10.3 Å². The third kappa shape index (κ3) is 2.88. The molecule has 0 saturated carbocycles. The second-order valence-electron chi connectivity index (χ2n) is 4.77. The van der Waals surface area contributed by atoms with Crippen LogP contribution in [0.25, 0.3) is 0 Å². The molecule has 1 aliphatic heterocycles. The zero-order valence-corrected chi connectivity index (χ0v) is 12.9. The van der Waals surface area contributed by atoms with E-state index in [1.54, 1.807) is 0 Å². The van der Waals surface area contributed by atoms with E-state index >= 15 is 0 Å². The largest absolute Gasteiger partial charge is 0.755 e. The molecular formula is C13H12N3O4S2-. The minimum absolute atomic E-state index is 0.0753. The summed E-state index contributed by atoms with van der Waals surface area (Å²) < 4.78 is 24.0. The average Bonchev–Trinajstić information content (AvgIpc) is 3.12. The summed E-state index contributed by atoms with van der Waals surface area (Å²) in [5.74, 6) is -1.25. The fourth-order valence-corrected chi connectivity index (χ4v) is 3.85. The predicted octanol–water partition coefficient (Wildman–Crippen LogP) is 1.25. The highest BCUT2D eigenvalue weighted by Crippen LogP contribution is 2.28. The molecule has 116 valence electrons. The molecule has 2 aromatic rings. The lowest BCUT2D eigenvalue weighted by Gasteiger charge is -2.25. The van der Waals surface area contributed by atoms with Gasteiger partial charge in [0.25, 0.3) is 0 Å². The van der Waals surface area contributed by atoms with Crippen LogP contribution in [0, 0.1) is 0 Å². The molecule has 7 nitrogen and oxygen atoms in total. The molecule has 1 aliphatic rings. The van der Waals surface area contributed by atoms with Gasteiger partial charge in [-0.05, 0) is 16.7 Å². The molecule has 9 heteroatoms. The molecule has 0 saturated heterocycles. The van der Waals surface area contributed by atoms with Crippen LogP contribution in [-0.2, 0) is 30.9 Å². The third-order valence-electron chi connectivity index (χ3n) is 3.39. The number of aromatic carboxylic acids is 1. The van der Waals surface area contributed by atoms with Crippen molar-refractivity contribution in [2.24, 2.45) is 0 Å². The summed E-state index contributed by atoms with van der Waals surface area (Å²) in [4.78, 5) is 14.8. The summed E-state index contributed by atoms with van der Waals surface area (Å²) in [6.07, 6.45) is 0. The summed E-state index contributed by atoms with van der Waals surface area (Å²) in [6, 6.07) is 5.76. The highest BCUT2D eigenvalue weighted by molar-refractivity contribution is 7.80. The number of rotatable bonds is 5. The van der Waals surface area contributed by atoms with E-state index in [9.17, 15) is 13.6 Å². The molecule has 1 unspecified atom stereocenters. The number of carboxylic acids is 1. The number of aromatic nitrogens is 1. The smallest absolute Gasteiger partial charge is 0.357 e. The Hall–Kier alpha value is -1.81. The maximum Gasteiger partial charge on any atom is 0.357 e. The van der Waals surface area contributed by atoms with Crippen LogP contribution in [0.1, 0.15) is 27.2 Å². The average molecular weight is 338 g/mol. The second-order valence-corrected chi connectivity index (χ2v) is 6.48. The quantitative estimate of drug-likeness (QED) is 0.795. The topological polar surface area (TPSA) is 106 Å². The normalized spacial score (nSPS) is 14.6. The monoisotopic (exact) mass is 338 g/mol. The Morgan fingerprint density at radius 2 is 2.23 bits per heavy atom. The minimum Gasteiger partial charge on any atom is -0.755 e. The Kier molecular flexibility index (Phi) is 4.21. The summed E-state index contributed by atoms with van der Waals surface area (Å²) in [6.45, 7) is 1.64. The molecular weight excluding hydrogens is 326 g/mol. The van der Waals surface area contributed by atoms with Crippen LogP contribution in [0.2, 0.25) is 0 Å². The highest BCUT2D eigenvalue weighted by atomic mass is 32.2.